The zero-order valence-corrected chi connectivity index (χ0v) is 14.8. The van der Waals surface area contributed by atoms with Crippen LogP contribution in [0.3, 0.4) is 0 Å². The molecule has 1 heterocycles. The van der Waals surface area contributed by atoms with Crippen LogP contribution in [0, 0.1) is 0 Å². The summed E-state index contributed by atoms with van der Waals surface area (Å²) in [6.07, 6.45) is 0.0611. The van der Waals surface area contributed by atoms with Crippen molar-refractivity contribution in [3.63, 3.8) is 0 Å². The molecular weight excluding hydrogens is 354 g/mol. The number of hydrogen-bond donors (Lipinski definition) is 4. The van der Waals surface area contributed by atoms with Gasteiger partial charge < -0.3 is 25.8 Å². The molecule has 0 radical (unpaired) electrons. The highest BCUT2D eigenvalue weighted by Crippen LogP contribution is 2.28. The fourth-order valence-corrected chi connectivity index (χ4v) is 3.67. The van der Waals surface area contributed by atoms with Crippen LogP contribution >= 0.6 is 11.3 Å². The van der Waals surface area contributed by atoms with E-state index in [9.17, 15) is 19.8 Å². The Kier molecular flexibility index (Phi) is 5.13. The number of carboxylic acid groups (broad SMARTS) is 1. The number of phenols is 1. The minimum absolute atomic E-state index is 0.0144. The van der Waals surface area contributed by atoms with Crippen molar-refractivity contribution >= 4 is 33.3 Å². The molecule has 26 heavy (non-hydrogen) atoms. The normalized spacial score (nSPS) is 10.9. The van der Waals surface area contributed by atoms with Crippen LogP contribution in [-0.4, -0.2) is 39.3 Å². The van der Waals surface area contributed by atoms with Gasteiger partial charge in [0.05, 0.1) is 4.70 Å². The average molecular weight is 373 g/mol. The van der Waals surface area contributed by atoms with Crippen LogP contribution in [0.1, 0.15) is 11.1 Å². The molecule has 3 aromatic rings. The number of fused-ring (bicyclic) bond motifs is 1. The largest absolute Gasteiger partial charge is 0.506 e. The molecule has 8 heteroatoms. The molecule has 0 atom stereocenters. The molecule has 3 rings (SSSR count). The molecule has 0 aliphatic carbocycles. The van der Waals surface area contributed by atoms with Gasteiger partial charge in [-0.15, -0.1) is 0 Å². The first-order valence-electron chi connectivity index (χ1n) is 8.10. The van der Waals surface area contributed by atoms with Gasteiger partial charge in [0.1, 0.15) is 11.3 Å². The van der Waals surface area contributed by atoms with Crippen LogP contribution in [0.4, 0.5) is 10.5 Å². The number of H-pyrrole nitrogens is 1. The summed E-state index contributed by atoms with van der Waals surface area (Å²) in [7, 11) is 0. The summed E-state index contributed by atoms with van der Waals surface area (Å²) < 4.78 is 0.666. The molecule has 7 nitrogen and oxygen atoms in total. The predicted molar refractivity (Wildman–Crippen MR) is 102 cm³/mol. The fourth-order valence-electron chi connectivity index (χ4n) is 2.78. The summed E-state index contributed by atoms with van der Waals surface area (Å²) >= 11 is 1.02. The van der Waals surface area contributed by atoms with Gasteiger partial charge in [0, 0.05) is 18.8 Å². The van der Waals surface area contributed by atoms with E-state index in [0.717, 1.165) is 22.5 Å². The first kappa shape index (κ1) is 17.8. The lowest BCUT2D eigenvalue weighted by Gasteiger charge is -2.19. The first-order valence-corrected chi connectivity index (χ1v) is 8.91. The number of benzene rings is 2. The molecule has 0 bridgehead atoms. The summed E-state index contributed by atoms with van der Waals surface area (Å²) in [5.74, 6) is 0.0144. The molecule has 5 N–H and O–H groups in total. The number of nitrogen functional groups attached to an aromatic ring is 1. The number of aromatic nitrogens is 1. The van der Waals surface area contributed by atoms with E-state index >= 15 is 0 Å². The number of anilines is 1. The maximum atomic E-state index is 11.6. The lowest BCUT2D eigenvalue weighted by molar-refractivity contribution is 0.146. The van der Waals surface area contributed by atoms with Crippen LogP contribution in [-0.2, 0) is 12.8 Å². The third-order valence-corrected chi connectivity index (χ3v) is 5.17. The number of rotatable bonds is 6. The Morgan fingerprint density at radius 1 is 1.12 bits per heavy atom. The van der Waals surface area contributed by atoms with E-state index < -0.39 is 6.09 Å². The van der Waals surface area contributed by atoms with Crippen LogP contribution in [0.5, 0.6) is 5.75 Å². The number of carbonyl (C=O) groups is 1. The minimum atomic E-state index is -0.988. The maximum absolute atomic E-state index is 11.6. The number of hydrogen-bond acceptors (Lipinski definition) is 5. The van der Waals surface area contributed by atoms with E-state index in [-0.39, 0.29) is 10.6 Å². The Morgan fingerprint density at radius 3 is 2.50 bits per heavy atom. The first-order chi connectivity index (χ1) is 12.4. The van der Waals surface area contributed by atoms with Gasteiger partial charge >= 0.3 is 11.0 Å². The quantitative estimate of drug-likeness (QED) is 0.495. The third-order valence-electron chi connectivity index (χ3n) is 4.21. The van der Waals surface area contributed by atoms with E-state index in [2.05, 4.69) is 4.98 Å². The lowest BCUT2D eigenvalue weighted by Crippen LogP contribution is -2.33. The number of aromatic amines is 1. The van der Waals surface area contributed by atoms with Gasteiger partial charge in [0.25, 0.3) is 0 Å². The topological polar surface area (TPSA) is 120 Å². The molecule has 0 aliphatic rings. The zero-order chi connectivity index (χ0) is 18.7. The van der Waals surface area contributed by atoms with Gasteiger partial charge in [-0.05, 0) is 42.2 Å². The van der Waals surface area contributed by atoms with Crippen LogP contribution < -0.4 is 10.6 Å². The molecule has 0 fully saturated rings. The summed E-state index contributed by atoms with van der Waals surface area (Å²) in [5.41, 5.74) is 8.58. The summed E-state index contributed by atoms with van der Waals surface area (Å²) in [4.78, 5) is 26.8. The monoisotopic (exact) mass is 373 g/mol. The van der Waals surface area contributed by atoms with Gasteiger partial charge in [-0.3, -0.25) is 4.79 Å². The van der Waals surface area contributed by atoms with Gasteiger partial charge in [-0.25, -0.2) is 4.79 Å². The molecular formula is C18H19N3O4S. The second-order valence-corrected chi connectivity index (χ2v) is 6.96. The number of aromatic hydroxyl groups is 1. The van der Waals surface area contributed by atoms with E-state index in [1.165, 1.54) is 11.0 Å². The van der Waals surface area contributed by atoms with Crippen LogP contribution in [0.25, 0.3) is 10.2 Å². The van der Waals surface area contributed by atoms with Gasteiger partial charge in [-0.1, -0.05) is 29.5 Å². The average Bonchev–Trinajstić information content (AvgIpc) is 3.00. The Labute approximate surface area is 153 Å². The van der Waals surface area contributed by atoms with Crippen molar-refractivity contribution in [2.75, 3.05) is 18.8 Å². The Morgan fingerprint density at radius 2 is 1.81 bits per heavy atom. The maximum Gasteiger partial charge on any atom is 0.407 e. The highest BCUT2D eigenvalue weighted by atomic mass is 32.1. The van der Waals surface area contributed by atoms with Crippen molar-refractivity contribution in [2.45, 2.75) is 12.8 Å². The molecule has 0 unspecified atom stereocenters. The number of nitrogens with one attached hydrogen (secondary N) is 1. The molecule has 136 valence electrons. The number of amides is 1. The van der Waals surface area contributed by atoms with E-state index in [1.54, 1.807) is 18.2 Å². The van der Waals surface area contributed by atoms with Gasteiger partial charge in [0.2, 0.25) is 0 Å². The number of phenolic OH excluding ortho intramolecular Hbond substituents is 1. The highest BCUT2D eigenvalue weighted by molar-refractivity contribution is 7.16. The van der Waals surface area contributed by atoms with Gasteiger partial charge in [-0.2, -0.15) is 0 Å². The molecule has 2 aromatic carbocycles. The lowest BCUT2D eigenvalue weighted by atomic mass is 10.1. The molecule has 0 aliphatic heterocycles. The number of nitrogens with zero attached hydrogens (tertiary/aromatic N) is 1. The summed E-state index contributed by atoms with van der Waals surface area (Å²) in [6, 6.07) is 10.6. The molecule has 0 saturated heterocycles. The Hall–Kier alpha value is -3.00. The SMILES string of the molecule is Nc1ccc(CCN(CCc2ccc(O)c3[nH]c(=O)sc23)C(=O)O)cc1. The predicted octanol–water partition coefficient (Wildman–Crippen LogP) is 2.64. The second-order valence-electron chi connectivity index (χ2n) is 5.97. The smallest absolute Gasteiger partial charge is 0.407 e. The standard InChI is InChI=1S/C18H19N3O4S/c19-13-4-1-11(2-5-13)7-9-21(18(24)25)10-8-12-3-6-14(22)15-16(12)26-17(23)20-15/h1-6,22H,7-10,19H2,(H,20,23)(H,24,25). The third kappa shape index (κ3) is 3.97. The van der Waals surface area contributed by atoms with Crippen molar-refractivity contribution in [3.05, 3.63) is 57.2 Å². The van der Waals surface area contributed by atoms with Crippen LogP contribution in [0.15, 0.2) is 41.2 Å². The van der Waals surface area contributed by atoms with Gasteiger partial charge in [0.15, 0.2) is 0 Å². The van der Waals surface area contributed by atoms with Crippen molar-refractivity contribution < 1.29 is 15.0 Å². The van der Waals surface area contributed by atoms with Crippen molar-refractivity contribution in [3.8, 4) is 5.75 Å². The second kappa shape index (κ2) is 7.49. The van der Waals surface area contributed by atoms with Crippen molar-refractivity contribution in [1.82, 2.24) is 9.88 Å². The van der Waals surface area contributed by atoms with E-state index in [0.29, 0.717) is 41.8 Å². The number of thiazole rings is 1. The van der Waals surface area contributed by atoms with E-state index in [4.69, 9.17) is 5.73 Å². The zero-order valence-electron chi connectivity index (χ0n) is 13.9. The minimum Gasteiger partial charge on any atom is -0.506 e. The van der Waals surface area contributed by atoms with Crippen molar-refractivity contribution in [1.29, 1.82) is 0 Å². The summed E-state index contributed by atoms with van der Waals surface area (Å²) in [5, 5.41) is 19.3. The molecule has 0 spiro atoms. The van der Waals surface area contributed by atoms with Crippen LogP contribution in [0.2, 0.25) is 0 Å². The molecule has 1 amide bonds. The fraction of sp³-hybridized carbons (Fsp3) is 0.222. The summed E-state index contributed by atoms with van der Waals surface area (Å²) in [6.45, 7) is 0.667. The Bertz CT molecular complexity index is 978. The van der Waals surface area contributed by atoms with Crippen molar-refractivity contribution in [2.24, 2.45) is 0 Å². The number of nitrogens with two attached hydrogens (primary N) is 1. The molecule has 0 saturated carbocycles. The van der Waals surface area contributed by atoms with E-state index in [1.807, 2.05) is 12.1 Å². The molecule has 1 aromatic heterocycles. The Balaban J connectivity index is 1.69. The highest BCUT2D eigenvalue weighted by Gasteiger charge is 2.14.